The van der Waals surface area contributed by atoms with Crippen LogP contribution in [-0.4, -0.2) is 139 Å². The first kappa shape index (κ1) is 45.2. The van der Waals surface area contributed by atoms with E-state index >= 15 is 0 Å². The Morgan fingerprint density at radius 2 is 1.36 bits per heavy atom. The summed E-state index contributed by atoms with van der Waals surface area (Å²) in [5.74, 6) is -8.32. The van der Waals surface area contributed by atoms with E-state index in [0.717, 1.165) is 13.8 Å². The highest BCUT2D eigenvalue weighted by atomic mass is 16.4. The summed E-state index contributed by atoms with van der Waals surface area (Å²) in [7, 11) is 0. The van der Waals surface area contributed by atoms with Gasteiger partial charge in [0.2, 0.25) is 41.4 Å². The molecule has 0 aliphatic carbocycles. The van der Waals surface area contributed by atoms with Crippen molar-refractivity contribution in [1.82, 2.24) is 41.9 Å². The van der Waals surface area contributed by atoms with Crippen LogP contribution in [-0.2, 0) is 51.2 Å². The first-order valence-electron chi connectivity index (χ1n) is 17.0. The summed E-state index contributed by atoms with van der Waals surface area (Å²) in [5, 5.41) is 52.9. The van der Waals surface area contributed by atoms with Crippen molar-refractivity contribution < 1.29 is 58.8 Å². The second-order valence-corrected chi connectivity index (χ2v) is 12.5. The van der Waals surface area contributed by atoms with Gasteiger partial charge in [0.1, 0.15) is 24.2 Å². The number of aliphatic hydroxyl groups is 3. The number of imidazole rings is 1. The molecule has 55 heavy (non-hydrogen) atoms. The molecule has 2 aromatic rings. The van der Waals surface area contributed by atoms with Crippen LogP contribution >= 0.6 is 0 Å². The van der Waals surface area contributed by atoms with E-state index in [1.807, 2.05) is 0 Å². The van der Waals surface area contributed by atoms with Crippen molar-refractivity contribution in [3.63, 3.8) is 0 Å². The molecular formula is C33H48N10O12. The van der Waals surface area contributed by atoms with E-state index in [4.69, 9.17) is 11.5 Å². The van der Waals surface area contributed by atoms with E-state index in [2.05, 4.69) is 41.9 Å². The highest BCUT2D eigenvalue weighted by molar-refractivity contribution is 5.96. The molecule has 15 N–H and O–H groups in total. The van der Waals surface area contributed by atoms with Gasteiger partial charge >= 0.3 is 5.97 Å². The maximum Gasteiger partial charge on any atom is 0.328 e. The Morgan fingerprint density at radius 1 is 0.764 bits per heavy atom. The number of hydrogen-bond acceptors (Lipinski definition) is 13. The number of aromatic nitrogens is 2. The molecule has 2 rings (SSSR count). The monoisotopic (exact) mass is 776 g/mol. The minimum absolute atomic E-state index is 0.0235. The number of primary amides is 1. The van der Waals surface area contributed by atoms with Gasteiger partial charge in [-0.1, -0.05) is 30.3 Å². The molecule has 0 radical (unpaired) electrons. The van der Waals surface area contributed by atoms with Gasteiger partial charge in [-0.2, -0.15) is 0 Å². The molecular weight excluding hydrogens is 728 g/mol. The van der Waals surface area contributed by atoms with E-state index in [1.165, 1.54) is 12.5 Å². The molecule has 302 valence electrons. The summed E-state index contributed by atoms with van der Waals surface area (Å²) in [6.07, 6.45) is -1.14. The van der Waals surface area contributed by atoms with Crippen LogP contribution in [0.3, 0.4) is 0 Å². The quantitative estimate of drug-likeness (QED) is 0.0500. The number of carbonyl (C=O) groups is 8. The van der Waals surface area contributed by atoms with Gasteiger partial charge in [0, 0.05) is 31.2 Å². The smallest absolute Gasteiger partial charge is 0.328 e. The molecule has 22 nitrogen and oxygen atoms in total. The Labute approximate surface area is 314 Å². The number of amides is 7. The first-order valence-corrected chi connectivity index (χ1v) is 17.0. The lowest BCUT2D eigenvalue weighted by atomic mass is 10.0. The van der Waals surface area contributed by atoms with Gasteiger partial charge in [-0.05, 0) is 25.8 Å². The molecule has 0 spiro atoms. The molecule has 1 aromatic heterocycles. The second kappa shape index (κ2) is 22.3. The molecule has 7 amide bonds. The number of aliphatic hydroxyl groups excluding tert-OH is 3. The number of hydrogen-bond donors (Lipinski definition) is 13. The molecule has 8 atom stereocenters. The highest BCUT2D eigenvalue weighted by Gasteiger charge is 2.34. The maximum absolute atomic E-state index is 13.3. The normalized spacial score (nSPS) is 15.3. The molecule has 22 heteroatoms. The van der Waals surface area contributed by atoms with Crippen LogP contribution in [0.15, 0.2) is 42.9 Å². The number of benzene rings is 1. The van der Waals surface area contributed by atoms with Crippen LogP contribution in [0, 0.1) is 0 Å². The summed E-state index contributed by atoms with van der Waals surface area (Å²) in [4.78, 5) is 108. The summed E-state index contributed by atoms with van der Waals surface area (Å²) >= 11 is 0. The predicted molar refractivity (Wildman–Crippen MR) is 190 cm³/mol. The third kappa shape index (κ3) is 15.5. The zero-order valence-electron chi connectivity index (χ0n) is 30.1. The van der Waals surface area contributed by atoms with Gasteiger partial charge in [0.15, 0.2) is 6.04 Å². The van der Waals surface area contributed by atoms with Crippen LogP contribution in [0.4, 0.5) is 0 Å². The lowest BCUT2D eigenvalue weighted by molar-refractivity contribution is -0.145. The third-order valence-corrected chi connectivity index (χ3v) is 7.93. The highest BCUT2D eigenvalue weighted by Crippen LogP contribution is 2.07. The fraction of sp³-hybridized carbons (Fsp3) is 0.485. The minimum Gasteiger partial charge on any atom is -0.480 e. The number of nitrogens with zero attached hydrogens (tertiary/aromatic N) is 1. The van der Waals surface area contributed by atoms with Crippen molar-refractivity contribution in [3.05, 3.63) is 54.1 Å². The fourth-order valence-electron chi connectivity index (χ4n) is 4.91. The van der Waals surface area contributed by atoms with Crippen molar-refractivity contribution in [2.75, 3.05) is 13.2 Å². The van der Waals surface area contributed by atoms with E-state index in [9.17, 15) is 58.8 Å². The number of aromatic amines is 1. The van der Waals surface area contributed by atoms with E-state index in [0.29, 0.717) is 11.3 Å². The Bertz CT molecular complexity index is 1620. The second-order valence-electron chi connectivity index (χ2n) is 12.5. The fourth-order valence-corrected chi connectivity index (χ4v) is 4.91. The largest absolute Gasteiger partial charge is 0.480 e. The van der Waals surface area contributed by atoms with Crippen molar-refractivity contribution in [2.24, 2.45) is 11.5 Å². The minimum atomic E-state index is -1.72. The maximum atomic E-state index is 13.3. The van der Waals surface area contributed by atoms with Crippen LogP contribution < -0.4 is 43.4 Å². The van der Waals surface area contributed by atoms with Crippen LogP contribution in [0.25, 0.3) is 0 Å². The van der Waals surface area contributed by atoms with Crippen LogP contribution in [0.1, 0.15) is 37.9 Å². The van der Waals surface area contributed by atoms with E-state index < -0.39 is 115 Å². The number of carboxylic acids is 1. The third-order valence-electron chi connectivity index (χ3n) is 7.93. The Balaban J connectivity index is 2.10. The van der Waals surface area contributed by atoms with Crippen molar-refractivity contribution in [3.8, 4) is 0 Å². The molecule has 0 aliphatic rings. The first-order chi connectivity index (χ1) is 25.9. The molecule has 0 saturated carbocycles. The standard InChI is InChI=1S/C33H48N10O12/c1-16(45)26(32(53)40-22(10-18-6-4-3-5-7-18)30(51)43-27(17(2)46)33(54)55)42-25(48)13-37-29(50)21(8-9-24(35)47)39-31(52)23(14-44)41-28(49)20(34)11-19-12-36-15-38-19/h3-7,12,15-17,20-23,26-27,44-46H,8-11,13-14,34H2,1-2H3,(H2,35,47)(H,36,38)(H,37,50)(H,39,52)(H,40,53)(H,41,49)(H,42,48)(H,43,51)(H,54,55)/t16-,17-,20+,21+,22+,23+,26+,27+/m1/s1. The van der Waals surface area contributed by atoms with Gasteiger partial charge < -0.3 is 68.8 Å². The van der Waals surface area contributed by atoms with Gasteiger partial charge in [-0.15, -0.1) is 0 Å². The number of aliphatic carboxylic acids is 1. The summed E-state index contributed by atoms with van der Waals surface area (Å²) < 4.78 is 0. The Kier molecular flexibility index (Phi) is 18.3. The molecule has 0 aliphatic heterocycles. The van der Waals surface area contributed by atoms with Crippen molar-refractivity contribution >= 4 is 47.3 Å². The summed E-state index contributed by atoms with van der Waals surface area (Å²) in [6.45, 7) is 0.560. The Hall–Kier alpha value is -5.97. The average Bonchev–Trinajstić information content (AvgIpc) is 3.64. The predicted octanol–water partition coefficient (Wildman–Crippen LogP) is -5.83. The molecule has 0 bridgehead atoms. The van der Waals surface area contributed by atoms with Gasteiger partial charge in [-0.3, -0.25) is 33.6 Å². The molecule has 1 heterocycles. The van der Waals surface area contributed by atoms with Gasteiger partial charge in [0.25, 0.3) is 0 Å². The molecule has 0 unspecified atom stereocenters. The topological polar surface area (TPSA) is 370 Å². The lowest BCUT2D eigenvalue weighted by Crippen LogP contribution is -2.60. The lowest BCUT2D eigenvalue weighted by Gasteiger charge is -2.26. The molecule has 1 aromatic carbocycles. The Morgan fingerprint density at radius 3 is 1.91 bits per heavy atom. The van der Waals surface area contributed by atoms with Crippen LogP contribution in [0.5, 0.6) is 0 Å². The zero-order valence-corrected chi connectivity index (χ0v) is 30.1. The number of nitrogens with one attached hydrogen (secondary N) is 7. The molecule has 0 fully saturated rings. The summed E-state index contributed by atoms with van der Waals surface area (Å²) in [5.41, 5.74) is 12.2. The number of rotatable bonds is 23. The summed E-state index contributed by atoms with van der Waals surface area (Å²) in [6, 6.07) is -0.833. The van der Waals surface area contributed by atoms with Gasteiger partial charge in [0.05, 0.1) is 37.7 Å². The number of nitrogens with two attached hydrogens (primary N) is 2. The van der Waals surface area contributed by atoms with Gasteiger partial charge in [-0.25, -0.2) is 9.78 Å². The van der Waals surface area contributed by atoms with E-state index in [-0.39, 0.29) is 19.3 Å². The molecule has 0 saturated heterocycles. The number of carbonyl (C=O) groups excluding carboxylic acids is 7. The van der Waals surface area contributed by atoms with E-state index in [1.54, 1.807) is 30.3 Å². The number of H-pyrrole nitrogens is 1. The van der Waals surface area contributed by atoms with Crippen molar-refractivity contribution in [2.45, 2.75) is 88.0 Å². The average molecular weight is 777 g/mol. The zero-order chi connectivity index (χ0) is 41.2. The number of carboxylic acid groups (broad SMARTS) is 1. The SMILES string of the molecule is C[C@@H](O)[C@H](NC(=O)[C@H](Cc1ccccc1)NC(=O)[C@@H](NC(=O)CNC(=O)[C@H](CCC(N)=O)NC(=O)[C@H](CO)NC(=O)[C@@H](N)Cc1cnc[nH]1)[C@@H](C)O)C(=O)O. The van der Waals surface area contributed by atoms with Crippen molar-refractivity contribution in [1.29, 1.82) is 0 Å². The van der Waals surface area contributed by atoms with Crippen LogP contribution in [0.2, 0.25) is 0 Å².